The van der Waals surface area contributed by atoms with E-state index in [9.17, 15) is 5.26 Å². The van der Waals surface area contributed by atoms with E-state index < -0.39 is 0 Å². The van der Waals surface area contributed by atoms with E-state index in [1.54, 1.807) is 6.20 Å². The van der Waals surface area contributed by atoms with Crippen molar-refractivity contribution in [2.45, 2.75) is 20.0 Å². The van der Waals surface area contributed by atoms with Gasteiger partial charge in [-0.05, 0) is 25.1 Å². The lowest BCUT2D eigenvalue weighted by Crippen LogP contribution is -2.28. The molecule has 3 heterocycles. The molecule has 2 aromatic rings. The smallest absolute Gasteiger partial charge is 0.101 e. The molecule has 4 nitrogen and oxygen atoms in total. The Balaban J connectivity index is 2.22. The molecule has 2 aromatic heterocycles. The molecule has 0 aromatic carbocycles. The number of hydrogen-bond acceptors (Lipinski definition) is 3. The zero-order chi connectivity index (χ0) is 12.5. The van der Waals surface area contributed by atoms with Crippen molar-refractivity contribution in [2.75, 3.05) is 6.54 Å². The van der Waals surface area contributed by atoms with Crippen molar-refractivity contribution >= 4 is 0 Å². The molecular formula is C14H14N4. The molecule has 3 rings (SSSR count). The molecule has 1 aliphatic heterocycles. The van der Waals surface area contributed by atoms with E-state index in [1.807, 2.05) is 19.1 Å². The first kappa shape index (κ1) is 11.0. The maximum atomic E-state index is 9.22. The van der Waals surface area contributed by atoms with E-state index in [2.05, 4.69) is 27.0 Å². The number of fused-ring (bicyclic) bond motifs is 1. The second kappa shape index (κ2) is 4.28. The van der Waals surface area contributed by atoms with Gasteiger partial charge in [-0.25, -0.2) is 0 Å². The summed E-state index contributed by atoms with van der Waals surface area (Å²) in [6.07, 6.45) is 1.80. The van der Waals surface area contributed by atoms with Gasteiger partial charge < -0.3 is 9.88 Å². The number of nitrogens with zero attached hydrogens (tertiary/aromatic N) is 3. The average molecular weight is 238 g/mol. The molecule has 0 aliphatic carbocycles. The maximum absolute atomic E-state index is 9.22. The Morgan fingerprint density at radius 3 is 3.17 bits per heavy atom. The third-order valence-corrected chi connectivity index (χ3v) is 3.42. The molecule has 0 saturated heterocycles. The average Bonchev–Trinajstić information content (AvgIpc) is 2.78. The Morgan fingerprint density at radius 2 is 2.39 bits per heavy atom. The van der Waals surface area contributed by atoms with Crippen LogP contribution < -0.4 is 5.32 Å². The zero-order valence-electron chi connectivity index (χ0n) is 10.3. The lowest BCUT2D eigenvalue weighted by Gasteiger charge is -2.19. The molecule has 0 spiro atoms. The number of rotatable bonds is 1. The molecule has 1 aliphatic rings. The van der Waals surface area contributed by atoms with Crippen LogP contribution in [0.15, 0.2) is 24.4 Å². The third-order valence-electron chi connectivity index (χ3n) is 3.42. The molecule has 0 bridgehead atoms. The number of aryl methyl sites for hydroxylation is 1. The van der Waals surface area contributed by atoms with Crippen LogP contribution in [0.5, 0.6) is 0 Å². The molecule has 0 atom stereocenters. The highest BCUT2D eigenvalue weighted by atomic mass is 15.1. The summed E-state index contributed by atoms with van der Waals surface area (Å²) in [5.74, 6) is 0. The maximum Gasteiger partial charge on any atom is 0.101 e. The topological polar surface area (TPSA) is 53.6 Å². The summed E-state index contributed by atoms with van der Waals surface area (Å²) < 4.78 is 2.24. The van der Waals surface area contributed by atoms with Gasteiger partial charge in [0.15, 0.2) is 0 Å². The molecule has 0 saturated carbocycles. The summed E-state index contributed by atoms with van der Waals surface area (Å²) in [4.78, 5) is 4.33. The zero-order valence-corrected chi connectivity index (χ0v) is 10.3. The highest BCUT2D eigenvalue weighted by Gasteiger charge is 2.19. The van der Waals surface area contributed by atoms with Crippen molar-refractivity contribution in [2.24, 2.45) is 0 Å². The summed E-state index contributed by atoms with van der Waals surface area (Å²) in [5, 5.41) is 12.5. The van der Waals surface area contributed by atoms with Crippen molar-refractivity contribution in [1.82, 2.24) is 14.9 Å². The number of nitrogens with one attached hydrogen (secondary N) is 1. The molecule has 90 valence electrons. The van der Waals surface area contributed by atoms with Crippen molar-refractivity contribution in [3.8, 4) is 17.3 Å². The molecule has 1 N–H and O–H groups in total. The van der Waals surface area contributed by atoms with E-state index in [-0.39, 0.29) is 0 Å². The lowest BCUT2D eigenvalue weighted by atomic mass is 10.1. The van der Waals surface area contributed by atoms with Crippen molar-refractivity contribution in [1.29, 1.82) is 5.26 Å². The molecule has 0 fully saturated rings. The normalized spacial score (nSPS) is 14.0. The predicted octanol–water partition coefficient (Wildman–Crippen LogP) is 1.83. The minimum Gasteiger partial charge on any atom is -0.341 e. The van der Waals surface area contributed by atoms with E-state index in [0.717, 1.165) is 47.8 Å². The van der Waals surface area contributed by atoms with Crippen LogP contribution in [-0.2, 0) is 13.1 Å². The number of aromatic nitrogens is 2. The number of hydrogen-bond donors (Lipinski definition) is 1. The van der Waals surface area contributed by atoms with E-state index in [4.69, 9.17) is 0 Å². The minimum atomic E-state index is 0.764. The lowest BCUT2D eigenvalue weighted by molar-refractivity contribution is 0.519. The fraction of sp³-hybridized carbons (Fsp3) is 0.286. The summed E-state index contributed by atoms with van der Waals surface area (Å²) in [6, 6.07) is 8.27. The first-order valence-electron chi connectivity index (χ1n) is 6.06. The predicted molar refractivity (Wildman–Crippen MR) is 68.8 cm³/mol. The van der Waals surface area contributed by atoms with Gasteiger partial charge in [0.2, 0.25) is 0 Å². The SMILES string of the molecule is Cc1ncccc1-c1cc(C#N)c2n1CCNC2. The van der Waals surface area contributed by atoms with Gasteiger partial charge in [0.25, 0.3) is 0 Å². The monoisotopic (exact) mass is 238 g/mol. The highest BCUT2D eigenvalue weighted by molar-refractivity contribution is 5.66. The summed E-state index contributed by atoms with van der Waals surface area (Å²) in [7, 11) is 0. The molecular weight excluding hydrogens is 224 g/mol. The van der Waals surface area contributed by atoms with Crippen molar-refractivity contribution in [3.63, 3.8) is 0 Å². The number of pyridine rings is 1. The Kier molecular flexibility index (Phi) is 2.62. The Bertz CT molecular complexity index is 634. The van der Waals surface area contributed by atoms with E-state index in [0.29, 0.717) is 0 Å². The van der Waals surface area contributed by atoms with Crippen LogP contribution in [-0.4, -0.2) is 16.1 Å². The van der Waals surface area contributed by atoms with E-state index in [1.165, 1.54) is 0 Å². The van der Waals surface area contributed by atoms with E-state index >= 15 is 0 Å². The first-order valence-corrected chi connectivity index (χ1v) is 6.06. The molecule has 0 unspecified atom stereocenters. The van der Waals surface area contributed by atoms with Crippen LogP contribution in [0.4, 0.5) is 0 Å². The van der Waals surface area contributed by atoms with Crippen molar-refractivity contribution < 1.29 is 0 Å². The second-order valence-corrected chi connectivity index (χ2v) is 4.47. The van der Waals surface area contributed by atoms with Crippen LogP contribution in [0.2, 0.25) is 0 Å². The highest BCUT2D eigenvalue weighted by Crippen LogP contribution is 2.28. The molecule has 4 heteroatoms. The Hall–Kier alpha value is -2.12. The van der Waals surface area contributed by atoms with Gasteiger partial charge in [-0.15, -0.1) is 0 Å². The number of nitriles is 1. The van der Waals surface area contributed by atoms with Crippen molar-refractivity contribution in [3.05, 3.63) is 41.3 Å². The standard InChI is InChI=1S/C14H14N4/c1-10-12(3-2-4-17-10)13-7-11(8-15)14-9-16-5-6-18(13)14/h2-4,7,16H,5-6,9H2,1H3. The van der Waals surface area contributed by atoms with Crippen LogP contribution >= 0.6 is 0 Å². The summed E-state index contributed by atoms with van der Waals surface area (Å²) in [5.41, 5.74) is 5.07. The van der Waals surface area contributed by atoms with Gasteiger partial charge in [0.05, 0.1) is 11.3 Å². The second-order valence-electron chi connectivity index (χ2n) is 4.47. The quantitative estimate of drug-likeness (QED) is 0.824. The fourth-order valence-electron chi connectivity index (χ4n) is 2.51. The molecule has 0 radical (unpaired) electrons. The summed E-state index contributed by atoms with van der Waals surface area (Å²) >= 11 is 0. The summed E-state index contributed by atoms with van der Waals surface area (Å²) in [6.45, 7) is 4.62. The van der Waals surface area contributed by atoms with Crippen LogP contribution in [0.1, 0.15) is 17.0 Å². The van der Waals surface area contributed by atoms with Gasteiger partial charge in [-0.3, -0.25) is 4.98 Å². The minimum absolute atomic E-state index is 0.764. The van der Waals surface area contributed by atoms with Gasteiger partial charge in [-0.1, -0.05) is 0 Å². The molecule has 0 amide bonds. The van der Waals surface area contributed by atoms with Crippen LogP contribution in [0, 0.1) is 18.3 Å². The largest absolute Gasteiger partial charge is 0.341 e. The van der Waals surface area contributed by atoms with Gasteiger partial charge in [0, 0.05) is 42.8 Å². The van der Waals surface area contributed by atoms with Crippen LogP contribution in [0.25, 0.3) is 11.3 Å². The van der Waals surface area contributed by atoms with Gasteiger partial charge >= 0.3 is 0 Å². The fourth-order valence-corrected chi connectivity index (χ4v) is 2.51. The first-order chi connectivity index (χ1) is 8.81. The van der Waals surface area contributed by atoms with Gasteiger partial charge in [-0.2, -0.15) is 5.26 Å². The third kappa shape index (κ3) is 1.60. The van der Waals surface area contributed by atoms with Gasteiger partial charge in [0.1, 0.15) is 6.07 Å². The Labute approximate surface area is 106 Å². The van der Waals surface area contributed by atoms with Crippen LogP contribution in [0.3, 0.4) is 0 Å². The molecule has 18 heavy (non-hydrogen) atoms. The Morgan fingerprint density at radius 1 is 1.50 bits per heavy atom.